The average molecular weight is 459 g/mol. The standard InChI is InChI=1S/C26H21NO7/c28-10-4-2-1-3-9-27-17-7-5-13(19-21(29)25(33)22(19)30)11-15(17)16-12-14(6-8-18(16)27)20-23(31)26(34)24(20)32/h5-8,11-12,28-29,31H,1-4,9-10H2. The van der Waals surface area contributed by atoms with Crippen molar-refractivity contribution >= 4 is 21.8 Å². The van der Waals surface area contributed by atoms with Gasteiger partial charge in [0.1, 0.15) is 0 Å². The molecule has 0 amide bonds. The molecule has 34 heavy (non-hydrogen) atoms. The lowest BCUT2D eigenvalue weighted by Crippen LogP contribution is -2.31. The van der Waals surface area contributed by atoms with Crippen molar-refractivity contribution in [3.63, 3.8) is 0 Å². The van der Waals surface area contributed by atoms with Crippen LogP contribution in [0.5, 0.6) is 11.5 Å². The van der Waals surface area contributed by atoms with Gasteiger partial charge in [-0.3, -0.25) is 19.2 Å². The summed E-state index contributed by atoms with van der Waals surface area (Å²) in [5.41, 5.74) is -0.760. The van der Waals surface area contributed by atoms with E-state index in [2.05, 4.69) is 4.57 Å². The van der Waals surface area contributed by atoms with E-state index in [9.17, 15) is 29.4 Å². The van der Waals surface area contributed by atoms with Crippen molar-refractivity contribution in [2.75, 3.05) is 6.61 Å². The Kier molecular flexibility index (Phi) is 5.17. The lowest BCUT2D eigenvalue weighted by Gasteiger charge is -2.09. The van der Waals surface area contributed by atoms with Crippen LogP contribution in [-0.2, 0) is 6.54 Å². The number of aromatic nitrogens is 1. The SMILES string of the molecule is O=c1c(O)c(-c2ccc3c(c2)c2cc(-c4c(O)c(=O)c4=O)ccc2n3CCCCCCO)c1=O. The van der Waals surface area contributed by atoms with Crippen LogP contribution in [-0.4, -0.2) is 26.5 Å². The Labute approximate surface area is 192 Å². The van der Waals surface area contributed by atoms with E-state index in [1.807, 2.05) is 12.1 Å². The normalized spacial score (nSPS) is 11.9. The molecule has 5 rings (SSSR count). The number of rotatable bonds is 8. The zero-order valence-corrected chi connectivity index (χ0v) is 18.1. The second-order valence-corrected chi connectivity index (χ2v) is 8.52. The summed E-state index contributed by atoms with van der Waals surface area (Å²) in [5.74, 6) is -1.10. The second-order valence-electron chi connectivity index (χ2n) is 8.52. The highest BCUT2D eigenvalue weighted by atomic mass is 16.3. The fourth-order valence-corrected chi connectivity index (χ4v) is 4.69. The summed E-state index contributed by atoms with van der Waals surface area (Å²) < 4.78 is 2.11. The van der Waals surface area contributed by atoms with Crippen LogP contribution in [0, 0.1) is 0 Å². The largest absolute Gasteiger partial charge is 0.503 e. The molecule has 4 aromatic carbocycles. The van der Waals surface area contributed by atoms with Crippen molar-refractivity contribution in [3.05, 3.63) is 77.3 Å². The van der Waals surface area contributed by atoms with Crippen LogP contribution in [0.1, 0.15) is 25.7 Å². The smallest absolute Gasteiger partial charge is 0.268 e. The molecule has 8 heteroatoms. The highest BCUT2D eigenvalue weighted by Crippen LogP contribution is 2.37. The van der Waals surface area contributed by atoms with E-state index in [1.165, 1.54) is 0 Å². The Balaban J connectivity index is 1.67. The number of aromatic hydroxyl groups is 2. The molecular weight excluding hydrogens is 438 g/mol. The molecule has 0 aliphatic carbocycles. The van der Waals surface area contributed by atoms with Crippen LogP contribution in [0.3, 0.4) is 0 Å². The van der Waals surface area contributed by atoms with E-state index in [-0.39, 0.29) is 17.7 Å². The first-order valence-corrected chi connectivity index (χ1v) is 11.1. The second kappa shape index (κ2) is 8.07. The van der Waals surface area contributed by atoms with E-state index in [0.717, 1.165) is 47.5 Å². The Hall–Kier alpha value is -4.04. The molecule has 0 aliphatic rings. The number of aryl methyl sites for hydroxylation is 1. The Morgan fingerprint density at radius 1 is 0.618 bits per heavy atom. The number of unbranched alkanes of at least 4 members (excludes halogenated alkanes) is 3. The maximum Gasteiger partial charge on any atom is 0.268 e. The van der Waals surface area contributed by atoms with Crippen molar-refractivity contribution in [2.24, 2.45) is 0 Å². The Bertz CT molecular complexity index is 1600. The van der Waals surface area contributed by atoms with E-state index >= 15 is 0 Å². The molecule has 172 valence electrons. The molecule has 1 aromatic heterocycles. The lowest BCUT2D eigenvalue weighted by molar-refractivity contribution is 0.282. The fourth-order valence-electron chi connectivity index (χ4n) is 4.69. The quantitative estimate of drug-likeness (QED) is 0.239. The third-order valence-corrected chi connectivity index (χ3v) is 6.50. The summed E-state index contributed by atoms with van der Waals surface area (Å²) in [6, 6.07) is 10.5. The van der Waals surface area contributed by atoms with Crippen molar-refractivity contribution in [1.82, 2.24) is 4.57 Å². The fraction of sp³-hybridized carbons (Fsp3) is 0.231. The summed E-state index contributed by atoms with van der Waals surface area (Å²) >= 11 is 0. The van der Waals surface area contributed by atoms with Gasteiger partial charge in [-0.1, -0.05) is 25.0 Å². The van der Waals surface area contributed by atoms with E-state index in [0.29, 0.717) is 17.7 Å². The first kappa shape index (κ1) is 21.8. The van der Waals surface area contributed by atoms with Crippen molar-refractivity contribution in [1.29, 1.82) is 0 Å². The third-order valence-electron chi connectivity index (χ3n) is 6.50. The van der Waals surface area contributed by atoms with Crippen molar-refractivity contribution in [3.8, 4) is 33.8 Å². The van der Waals surface area contributed by atoms with Gasteiger partial charge in [0.05, 0.1) is 11.1 Å². The topological polar surface area (TPSA) is 134 Å². The van der Waals surface area contributed by atoms with Crippen LogP contribution in [0.2, 0.25) is 0 Å². The third kappa shape index (κ3) is 3.10. The molecule has 0 unspecified atom stereocenters. The summed E-state index contributed by atoms with van der Waals surface area (Å²) in [6.07, 6.45) is 3.47. The van der Waals surface area contributed by atoms with Gasteiger partial charge in [-0.2, -0.15) is 0 Å². The monoisotopic (exact) mass is 459 g/mol. The number of hydrogen-bond acceptors (Lipinski definition) is 7. The molecule has 0 radical (unpaired) electrons. The predicted molar refractivity (Wildman–Crippen MR) is 129 cm³/mol. The molecule has 5 aromatic rings. The molecular formula is C26H21NO7. The molecule has 0 bridgehead atoms. The van der Waals surface area contributed by atoms with Gasteiger partial charge >= 0.3 is 0 Å². The highest BCUT2D eigenvalue weighted by Gasteiger charge is 2.24. The molecule has 0 atom stereocenters. The minimum Gasteiger partial charge on any atom is -0.503 e. The first-order valence-electron chi connectivity index (χ1n) is 11.1. The molecule has 1 heterocycles. The van der Waals surface area contributed by atoms with E-state index in [1.54, 1.807) is 24.3 Å². The van der Waals surface area contributed by atoms with Crippen molar-refractivity contribution in [2.45, 2.75) is 32.2 Å². The minimum absolute atomic E-state index is 0.0203. The first-order chi connectivity index (χ1) is 16.3. The summed E-state index contributed by atoms with van der Waals surface area (Å²) in [5, 5.41) is 30.3. The van der Waals surface area contributed by atoms with Gasteiger partial charge in [0.15, 0.2) is 11.5 Å². The zero-order valence-electron chi connectivity index (χ0n) is 18.1. The van der Waals surface area contributed by atoms with Crippen LogP contribution < -0.4 is 21.7 Å². The highest BCUT2D eigenvalue weighted by molar-refractivity contribution is 6.11. The molecule has 8 nitrogen and oxygen atoms in total. The molecule has 3 N–H and O–H groups in total. The summed E-state index contributed by atoms with van der Waals surface area (Å²) in [4.78, 5) is 47.0. The van der Waals surface area contributed by atoms with Gasteiger partial charge in [-0.15, -0.1) is 0 Å². The Morgan fingerprint density at radius 3 is 1.53 bits per heavy atom. The number of hydrogen-bond donors (Lipinski definition) is 3. The van der Waals surface area contributed by atoms with E-state index in [4.69, 9.17) is 5.11 Å². The van der Waals surface area contributed by atoms with Crippen LogP contribution in [0.25, 0.3) is 44.1 Å². The molecule has 0 fully saturated rings. The van der Waals surface area contributed by atoms with E-state index < -0.39 is 33.2 Å². The van der Waals surface area contributed by atoms with Crippen LogP contribution >= 0.6 is 0 Å². The average Bonchev–Trinajstić information content (AvgIpc) is 3.16. The summed E-state index contributed by atoms with van der Waals surface area (Å²) in [6.45, 7) is 0.857. The number of fused-ring (bicyclic) bond motifs is 3. The number of nitrogens with zero attached hydrogens (tertiary/aromatic N) is 1. The van der Waals surface area contributed by atoms with Gasteiger partial charge in [-0.05, 0) is 48.2 Å². The van der Waals surface area contributed by atoms with Gasteiger partial charge in [0.25, 0.3) is 10.9 Å². The summed E-state index contributed by atoms with van der Waals surface area (Å²) in [7, 11) is 0. The maximum absolute atomic E-state index is 12.0. The van der Waals surface area contributed by atoms with Gasteiger partial charge in [0, 0.05) is 35.0 Å². The lowest BCUT2D eigenvalue weighted by atomic mass is 9.96. The van der Waals surface area contributed by atoms with Crippen molar-refractivity contribution < 1.29 is 15.3 Å². The van der Waals surface area contributed by atoms with Gasteiger partial charge in [-0.25, -0.2) is 0 Å². The molecule has 0 aliphatic heterocycles. The van der Waals surface area contributed by atoms with Gasteiger partial charge in [0.2, 0.25) is 10.9 Å². The zero-order chi connectivity index (χ0) is 24.1. The van der Waals surface area contributed by atoms with Crippen LogP contribution in [0.15, 0.2) is 55.6 Å². The molecule has 0 saturated heterocycles. The molecule has 0 spiro atoms. The molecule has 0 saturated carbocycles. The van der Waals surface area contributed by atoms with Crippen LogP contribution in [0.4, 0.5) is 0 Å². The minimum atomic E-state index is -0.904. The number of aliphatic hydroxyl groups excluding tert-OH is 1. The predicted octanol–water partition coefficient (Wildman–Crippen LogP) is 2.28. The maximum atomic E-state index is 12.0. The number of benzene rings is 2. The number of aliphatic hydroxyl groups is 1. The van der Waals surface area contributed by atoms with Gasteiger partial charge < -0.3 is 19.9 Å². The Morgan fingerprint density at radius 2 is 1.09 bits per heavy atom.